The Hall–Kier alpha value is -1.84. The van der Waals surface area contributed by atoms with Gasteiger partial charge in [0.2, 0.25) is 5.91 Å². The molecule has 122 valence electrons. The van der Waals surface area contributed by atoms with Crippen LogP contribution < -0.4 is 0 Å². The van der Waals surface area contributed by atoms with Crippen molar-refractivity contribution in [2.45, 2.75) is 51.4 Å². The average Bonchev–Trinajstić information content (AvgIpc) is 3.21. The molecule has 1 saturated heterocycles. The lowest BCUT2D eigenvalue weighted by molar-refractivity contribution is -0.142. The molecule has 2 aromatic rings. The second-order valence-corrected chi connectivity index (χ2v) is 7.35. The molecule has 1 amide bonds. The molecule has 0 bridgehead atoms. The zero-order valence-electron chi connectivity index (χ0n) is 13.8. The van der Waals surface area contributed by atoms with Crippen LogP contribution in [0.25, 0.3) is 11.1 Å². The molecule has 0 radical (unpaired) electrons. The van der Waals surface area contributed by atoms with Gasteiger partial charge in [0.15, 0.2) is 11.5 Å². The van der Waals surface area contributed by atoms with E-state index in [1.807, 2.05) is 24.3 Å². The lowest BCUT2D eigenvalue weighted by Gasteiger charge is -2.36. The van der Waals surface area contributed by atoms with Gasteiger partial charge in [-0.3, -0.25) is 4.79 Å². The number of carbonyl (C=O) groups excluding carboxylic acids is 1. The molecule has 1 aromatic heterocycles. The Balaban J connectivity index is 1.43. The minimum atomic E-state index is -0.107. The molecule has 1 saturated carbocycles. The number of carbonyl (C=O) groups is 1. The number of para-hydroxylation sites is 2. The van der Waals surface area contributed by atoms with E-state index in [0.29, 0.717) is 11.8 Å². The molecule has 1 aromatic carbocycles. The zero-order valence-corrected chi connectivity index (χ0v) is 13.8. The maximum atomic E-state index is 12.8. The fraction of sp³-hybridized carbons (Fsp3) is 0.579. The molecular weight excluding hydrogens is 288 g/mol. The van der Waals surface area contributed by atoms with Crippen molar-refractivity contribution in [1.29, 1.82) is 0 Å². The Morgan fingerprint density at radius 1 is 1.22 bits per heavy atom. The second kappa shape index (κ2) is 5.66. The number of fused-ring (bicyclic) bond motifs is 1. The quantitative estimate of drug-likeness (QED) is 0.838. The molecule has 0 spiro atoms. The van der Waals surface area contributed by atoms with Crippen molar-refractivity contribution >= 4 is 17.0 Å². The average molecular weight is 312 g/mol. The third-order valence-electron chi connectivity index (χ3n) is 5.67. The molecule has 4 heteroatoms. The highest BCUT2D eigenvalue weighted by Crippen LogP contribution is 2.40. The van der Waals surface area contributed by atoms with E-state index in [1.165, 1.54) is 12.8 Å². The van der Waals surface area contributed by atoms with Crippen molar-refractivity contribution in [3.05, 3.63) is 30.2 Å². The summed E-state index contributed by atoms with van der Waals surface area (Å²) in [5.74, 6) is 1.54. The number of rotatable bonds is 2. The third-order valence-corrected chi connectivity index (χ3v) is 5.67. The molecule has 1 aliphatic carbocycles. The molecular formula is C19H24N2O2. The largest absolute Gasteiger partial charge is 0.440 e. The summed E-state index contributed by atoms with van der Waals surface area (Å²) in [6.45, 7) is 3.81. The van der Waals surface area contributed by atoms with Gasteiger partial charge in [-0.2, -0.15) is 0 Å². The minimum Gasteiger partial charge on any atom is -0.440 e. The zero-order chi connectivity index (χ0) is 15.9. The number of amides is 1. The van der Waals surface area contributed by atoms with Crippen LogP contribution in [-0.2, 0) is 4.79 Å². The van der Waals surface area contributed by atoms with Gasteiger partial charge in [0.1, 0.15) is 5.52 Å². The van der Waals surface area contributed by atoms with Gasteiger partial charge in [0.05, 0.1) is 0 Å². The molecule has 0 N–H and O–H groups in total. The fourth-order valence-corrected chi connectivity index (χ4v) is 4.15. The first-order chi connectivity index (χ1) is 11.2. The molecule has 0 unspecified atom stereocenters. The van der Waals surface area contributed by atoms with Gasteiger partial charge >= 0.3 is 0 Å². The fourth-order valence-electron chi connectivity index (χ4n) is 4.15. The van der Waals surface area contributed by atoms with E-state index >= 15 is 0 Å². The first-order valence-electron chi connectivity index (χ1n) is 8.81. The number of likely N-dealkylation sites (tertiary alicyclic amines) is 1. The van der Waals surface area contributed by atoms with Gasteiger partial charge in [0.25, 0.3) is 0 Å². The summed E-state index contributed by atoms with van der Waals surface area (Å²) in [5, 5.41) is 0. The van der Waals surface area contributed by atoms with Gasteiger partial charge in [0, 0.05) is 24.4 Å². The number of nitrogens with zero attached hydrogens (tertiary/aromatic N) is 2. The number of oxazole rings is 1. The van der Waals surface area contributed by atoms with Gasteiger partial charge in [-0.15, -0.1) is 0 Å². The lowest BCUT2D eigenvalue weighted by Crippen LogP contribution is -2.45. The van der Waals surface area contributed by atoms with Crippen LogP contribution in [0.4, 0.5) is 0 Å². The number of hydrogen-bond acceptors (Lipinski definition) is 3. The number of benzene rings is 1. The van der Waals surface area contributed by atoms with Crippen LogP contribution >= 0.6 is 0 Å². The summed E-state index contributed by atoms with van der Waals surface area (Å²) in [5.41, 5.74) is 1.68. The van der Waals surface area contributed by atoms with Gasteiger partial charge in [-0.1, -0.05) is 31.9 Å². The Bertz CT molecular complexity index is 674. The smallest absolute Gasteiger partial charge is 0.228 e. The summed E-state index contributed by atoms with van der Waals surface area (Å²) < 4.78 is 5.91. The normalized spacial score (nSPS) is 21.9. The molecule has 1 aliphatic heterocycles. The van der Waals surface area contributed by atoms with Crippen LogP contribution in [0.15, 0.2) is 28.7 Å². The summed E-state index contributed by atoms with van der Waals surface area (Å²) in [4.78, 5) is 19.5. The lowest BCUT2D eigenvalue weighted by atomic mass is 9.85. The number of piperidine rings is 1. The SMILES string of the molecule is CC1(C(=O)N2CCC(c3nc4ccccc4o3)CC2)CCCC1. The van der Waals surface area contributed by atoms with E-state index in [-0.39, 0.29) is 5.41 Å². The summed E-state index contributed by atoms with van der Waals surface area (Å²) >= 11 is 0. The van der Waals surface area contributed by atoms with Crippen LogP contribution in [-0.4, -0.2) is 28.9 Å². The molecule has 2 aliphatic rings. The van der Waals surface area contributed by atoms with Crippen LogP contribution in [0.5, 0.6) is 0 Å². The van der Waals surface area contributed by atoms with Crippen molar-refractivity contribution in [2.75, 3.05) is 13.1 Å². The Labute approximate surface area is 136 Å². The summed E-state index contributed by atoms with van der Waals surface area (Å²) in [6.07, 6.45) is 6.40. The molecule has 2 fully saturated rings. The minimum absolute atomic E-state index is 0.107. The molecule has 23 heavy (non-hydrogen) atoms. The van der Waals surface area contributed by atoms with Crippen LogP contribution in [0.2, 0.25) is 0 Å². The summed E-state index contributed by atoms with van der Waals surface area (Å²) in [7, 11) is 0. The maximum Gasteiger partial charge on any atom is 0.228 e. The van der Waals surface area contributed by atoms with Crippen molar-refractivity contribution in [3.8, 4) is 0 Å². The topological polar surface area (TPSA) is 46.3 Å². The van der Waals surface area contributed by atoms with Gasteiger partial charge in [-0.25, -0.2) is 4.98 Å². The highest BCUT2D eigenvalue weighted by Gasteiger charge is 2.40. The molecule has 2 heterocycles. The van der Waals surface area contributed by atoms with Crippen LogP contribution in [0.1, 0.15) is 57.3 Å². The molecule has 4 nitrogen and oxygen atoms in total. The van der Waals surface area contributed by atoms with Crippen molar-refractivity contribution < 1.29 is 9.21 Å². The van der Waals surface area contributed by atoms with E-state index in [1.54, 1.807) is 0 Å². The van der Waals surface area contributed by atoms with E-state index < -0.39 is 0 Å². The molecule has 0 atom stereocenters. The van der Waals surface area contributed by atoms with Crippen molar-refractivity contribution in [1.82, 2.24) is 9.88 Å². The molecule has 4 rings (SSSR count). The van der Waals surface area contributed by atoms with Gasteiger partial charge < -0.3 is 9.32 Å². The van der Waals surface area contributed by atoms with Gasteiger partial charge in [-0.05, 0) is 37.8 Å². The van der Waals surface area contributed by atoms with E-state index in [2.05, 4.69) is 16.8 Å². The highest BCUT2D eigenvalue weighted by molar-refractivity contribution is 5.82. The Morgan fingerprint density at radius 2 is 1.91 bits per heavy atom. The number of hydrogen-bond donors (Lipinski definition) is 0. The first-order valence-corrected chi connectivity index (χ1v) is 8.81. The number of aromatic nitrogens is 1. The highest BCUT2D eigenvalue weighted by atomic mass is 16.3. The predicted octanol–water partition coefficient (Wildman–Crippen LogP) is 4.11. The van der Waals surface area contributed by atoms with E-state index in [4.69, 9.17) is 4.42 Å². The van der Waals surface area contributed by atoms with E-state index in [0.717, 1.165) is 55.8 Å². The first kappa shape index (κ1) is 14.7. The summed E-state index contributed by atoms with van der Waals surface area (Å²) in [6, 6.07) is 7.91. The van der Waals surface area contributed by atoms with E-state index in [9.17, 15) is 4.79 Å². The van der Waals surface area contributed by atoms with Crippen LogP contribution in [0.3, 0.4) is 0 Å². The van der Waals surface area contributed by atoms with Crippen molar-refractivity contribution in [3.63, 3.8) is 0 Å². The monoisotopic (exact) mass is 312 g/mol. The Kier molecular flexibility index (Phi) is 3.63. The predicted molar refractivity (Wildman–Crippen MR) is 89.1 cm³/mol. The standard InChI is InChI=1S/C19H24N2O2/c1-19(10-4-5-11-19)18(22)21-12-8-14(9-13-21)17-20-15-6-2-3-7-16(15)23-17/h2-3,6-7,14H,4-5,8-13H2,1H3. The van der Waals surface area contributed by atoms with Crippen LogP contribution in [0, 0.1) is 5.41 Å². The van der Waals surface area contributed by atoms with Crippen molar-refractivity contribution in [2.24, 2.45) is 5.41 Å². The Morgan fingerprint density at radius 3 is 2.61 bits per heavy atom. The maximum absolute atomic E-state index is 12.8. The third kappa shape index (κ3) is 2.64. The second-order valence-electron chi connectivity index (χ2n) is 7.35.